The summed E-state index contributed by atoms with van der Waals surface area (Å²) in [5.74, 6) is 0.777. The van der Waals surface area contributed by atoms with Gasteiger partial charge in [-0.05, 0) is 19.3 Å². The highest BCUT2D eigenvalue weighted by Gasteiger charge is 2.00. The van der Waals surface area contributed by atoms with Crippen molar-refractivity contribution in [1.29, 1.82) is 0 Å². The van der Waals surface area contributed by atoms with E-state index >= 15 is 0 Å². The molecular formula is C11H23N3O2. The minimum absolute atomic E-state index is 0.165. The first-order valence-corrected chi connectivity index (χ1v) is 5.75. The van der Waals surface area contributed by atoms with Crippen LogP contribution in [0.1, 0.15) is 33.6 Å². The number of aliphatic imine (C=N–C) groups is 1. The summed E-state index contributed by atoms with van der Waals surface area (Å²) in [5, 5.41) is 2.96. The molecule has 0 heterocycles. The van der Waals surface area contributed by atoms with Gasteiger partial charge in [0.05, 0.1) is 6.61 Å². The molecule has 0 rings (SSSR count). The van der Waals surface area contributed by atoms with Crippen LogP contribution in [0.15, 0.2) is 4.99 Å². The fourth-order valence-corrected chi connectivity index (χ4v) is 1.02. The molecule has 0 radical (unpaired) electrons. The second kappa shape index (κ2) is 9.00. The Labute approximate surface area is 97.4 Å². The van der Waals surface area contributed by atoms with Crippen LogP contribution < -0.4 is 11.1 Å². The van der Waals surface area contributed by atoms with E-state index in [4.69, 9.17) is 10.5 Å². The summed E-state index contributed by atoms with van der Waals surface area (Å²) in [4.78, 5) is 15.1. The Morgan fingerprint density at radius 2 is 2.19 bits per heavy atom. The van der Waals surface area contributed by atoms with Gasteiger partial charge in [-0.15, -0.1) is 0 Å². The number of rotatable bonds is 7. The van der Waals surface area contributed by atoms with Gasteiger partial charge >= 0.3 is 5.97 Å². The normalized spacial score (nSPS) is 11.6. The van der Waals surface area contributed by atoms with Gasteiger partial charge in [-0.25, -0.2) is 0 Å². The number of carbonyl (C=O) groups excluding carboxylic acids is 1. The lowest BCUT2D eigenvalue weighted by Crippen LogP contribution is -2.33. The molecule has 94 valence electrons. The second-order valence-electron chi connectivity index (χ2n) is 3.96. The lowest BCUT2D eigenvalue weighted by Gasteiger charge is -2.06. The molecule has 0 unspecified atom stereocenters. The first-order valence-electron chi connectivity index (χ1n) is 5.75. The molecule has 0 aliphatic heterocycles. The Balaban J connectivity index is 3.51. The minimum atomic E-state index is -0.165. The quantitative estimate of drug-likeness (QED) is 0.294. The highest BCUT2D eigenvalue weighted by atomic mass is 16.5. The highest BCUT2D eigenvalue weighted by Crippen LogP contribution is 1.92. The number of nitrogens with one attached hydrogen (secondary N) is 1. The molecule has 0 aromatic heterocycles. The molecule has 0 saturated carbocycles. The van der Waals surface area contributed by atoms with E-state index in [9.17, 15) is 4.79 Å². The molecule has 0 aliphatic carbocycles. The van der Waals surface area contributed by atoms with Crippen LogP contribution in [0.25, 0.3) is 0 Å². The molecule has 0 aliphatic rings. The third kappa shape index (κ3) is 9.30. The SMILES string of the molecule is CCOC(=O)CCCNC(N)=NCC(C)C. The molecule has 0 aromatic rings. The summed E-state index contributed by atoms with van der Waals surface area (Å²) in [6.45, 7) is 7.76. The van der Waals surface area contributed by atoms with Crippen LogP contribution in [0.4, 0.5) is 0 Å². The smallest absolute Gasteiger partial charge is 0.305 e. The monoisotopic (exact) mass is 229 g/mol. The van der Waals surface area contributed by atoms with Crippen molar-refractivity contribution in [2.75, 3.05) is 19.7 Å². The Morgan fingerprint density at radius 3 is 2.75 bits per heavy atom. The van der Waals surface area contributed by atoms with Crippen LogP contribution in [0.2, 0.25) is 0 Å². The molecule has 3 N–H and O–H groups in total. The van der Waals surface area contributed by atoms with Crippen molar-refractivity contribution in [2.45, 2.75) is 33.6 Å². The Hall–Kier alpha value is -1.26. The van der Waals surface area contributed by atoms with Gasteiger partial charge in [0.15, 0.2) is 5.96 Å². The maximum atomic E-state index is 11.0. The lowest BCUT2D eigenvalue weighted by molar-refractivity contribution is -0.143. The Kier molecular flexibility index (Phi) is 8.29. The summed E-state index contributed by atoms with van der Waals surface area (Å²) in [6.07, 6.45) is 1.12. The molecule has 0 atom stereocenters. The molecule has 0 bridgehead atoms. The third-order valence-electron chi connectivity index (χ3n) is 1.80. The van der Waals surface area contributed by atoms with Crippen molar-refractivity contribution in [2.24, 2.45) is 16.6 Å². The van der Waals surface area contributed by atoms with Gasteiger partial charge in [0.1, 0.15) is 0 Å². The molecule has 5 heteroatoms. The molecule has 0 aromatic carbocycles. The van der Waals surface area contributed by atoms with Crippen LogP contribution in [-0.4, -0.2) is 31.6 Å². The van der Waals surface area contributed by atoms with Crippen molar-refractivity contribution in [3.63, 3.8) is 0 Å². The first-order chi connectivity index (χ1) is 7.56. The van der Waals surface area contributed by atoms with Crippen LogP contribution in [0, 0.1) is 5.92 Å². The van der Waals surface area contributed by atoms with E-state index in [2.05, 4.69) is 24.2 Å². The minimum Gasteiger partial charge on any atom is -0.466 e. The second-order valence-corrected chi connectivity index (χ2v) is 3.96. The van der Waals surface area contributed by atoms with E-state index in [1.54, 1.807) is 6.92 Å². The van der Waals surface area contributed by atoms with Crippen molar-refractivity contribution in [1.82, 2.24) is 5.32 Å². The fraction of sp³-hybridized carbons (Fsp3) is 0.818. The van der Waals surface area contributed by atoms with Gasteiger partial charge in [-0.3, -0.25) is 9.79 Å². The predicted octanol–water partition coefficient (Wildman–Crippen LogP) is 0.890. The number of carbonyl (C=O) groups is 1. The maximum Gasteiger partial charge on any atom is 0.305 e. The van der Waals surface area contributed by atoms with Crippen molar-refractivity contribution < 1.29 is 9.53 Å². The average Bonchev–Trinajstić information content (AvgIpc) is 2.22. The van der Waals surface area contributed by atoms with E-state index in [0.29, 0.717) is 37.9 Å². The van der Waals surface area contributed by atoms with Gasteiger partial charge in [-0.1, -0.05) is 13.8 Å². The molecule has 0 spiro atoms. The van der Waals surface area contributed by atoms with Crippen molar-refractivity contribution >= 4 is 11.9 Å². The van der Waals surface area contributed by atoms with Crippen LogP contribution >= 0.6 is 0 Å². The zero-order valence-electron chi connectivity index (χ0n) is 10.5. The summed E-state index contributed by atoms with van der Waals surface area (Å²) < 4.78 is 4.80. The first kappa shape index (κ1) is 14.7. The standard InChI is InChI=1S/C11H23N3O2/c1-4-16-10(15)6-5-7-13-11(12)14-8-9(2)3/h9H,4-8H2,1-3H3,(H3,12,13,14). The topological polar surface area (TPSA) is 76.7 Å². The lowest BCUT2D eigenvalue weighted by atomic mass is 10.2. The summed E-state index contributed by atoms with van der Waals surface area (Å²) in [6, 6.07) is 0. The Morgan fingerprint density at radius 1 is 1.50 bits per heavy atom. The van der Waals surface area contributed by atoms with E-state index in [-0.39, 0.29) is 5.97 Å². The fourth-order valence-electron chi connectivity index (χ4n) is 1.02. The van der Waals surface area contributed by atoms with Crippen LogP contribution in [-0.2, 0) is 9.53 Å². The van der Waals surface area contributed by atoms with Gasteiger partial charge in [-0.2, -0.15) is 0 Å². The van der Waals surface area contributed by atoms with E-state index in [0.717, 1.165) is 6.54 Å². The number of ether oxygens (including phenoxy) is 1. The highest BCUT2D eigenvalue weighted by molar-refractivity contribution is 5.77. The summed E-state index contributed by atoms with van der Waals surface area (Å²) in [7, 11) is 0. The molecular weight excluding hydrogens is 206 g/mol. The molecule has 0 amide bonds. The number of nitrogens with zero attached hydrogens (tertiary/aromatic N) is 1. The van der Waals surface area contributed by atoms with Gasteiger partial charge in [0.2, 0.25) is 0 Å². The van der Waals surface area contributed by atoms with Crippen LogP contribution in [0.5, 0.6) is 0 Å². The average molecular weight is 229 g/mol. The molecule has 0 saturated heterocycles. The maximum absolute atomic E-state index is 11.0. The number of guanidine groups is 1. The number of hydrogen-bond acceptors (Lipinski definition) is 3. The molecule has 16 heavy (non-hydrogen) atoms. The van der Waals surface area contributed by atoms with Crippen molar-refractivity contribution in [3.8, 4) is 0 Å². The van der Waals surface area contributed by atoms with Gasteiger partial charge in [0.25, 0.3) is 0 Å². The summed E-state index contributed by atoms with van der Waals surface area (Å²) >= 11 is 0. The number of nitrogens with two attached hydrogens (primary N) is 1. The summed E-state index contributed by atoms with van der Waals surface area (Å²) in [5.41, 5.74) is 5.62. The largest absolute Gasteiger partial charge is 0.466 e. The van der Waals surface area contributed by atoms with Crippen LogP contribution in [0.3, 0.4) is 0 Å². The van der Waals surface area contributed by atoms with E-state index < -0.39 is 0 Å². The zero-order valence-corrected chi connectivity index (χ0v) is 10.5. The van der Waals surface area contributed by atoms with Gasteiger partial charge < -0.3 is 15.8 Å². The Bertz CT molecular complexity index is 227. The number of esters is 1. The van der Waals surface area contributed by atoms with E-state index in [1.807, 2.05) is 0 Å². The van der Waals surface area contributed by atoms with E-state index in [1.165, 1.54) is 0 Å². The molecule has 5 nitrogen and oxygen atoms in total. The molecule has 0 fully saturated rings. The van der Waals surface area contributed by atoms with Crippen molar-refractivity contribution in [3.05, 3.63) is 0 Å². The zero-order chi connectivity index (χ0) is 12.4. The number of hydrogen-bond donors (Lipinski definition) is 2. The van der Waals surface area contributed by atoms with Gasteiger partial charge in [0, 0.05) is 19.5 Å². The third-order valence-corrected chi connectivity index (χ3v) is 1.80. The predicted molar refractivity (Wildman–Crippen MR) is 65.2 cm³/mol.